The number of amides is 2. The number of rotatable bonds is 3. The van der Waals surface area contributed by atoms with E-state index in [0.717, 1.165) is 16.2 Å². The van der Waals surface area contributed by atoms with Crippen LogP contribution in [0.4, 0.5) is 0 Å². The smallest absolute Gasteiger partial charge is 0.309 e. The number of carbonyl (C=O) groups is 2. The van der Waals surface area contributed by atoms with Crippen LogP contribution in [0.2, 0.25) is 0 Å². The SMILES string of the molecule is NC(=O)C(=O)NCc1cc(-c2ccco2)cs1. The lowest BCUT2D eigenvalue weighted by Crippen LogP contribution is -2.35. The molecule has 0 aliphatic rings. The number of hydrogen-bond acceptors (Lipinski definition) is 4. The number of hydrogen-bond donors (Lipinski definition) is 2. The normalized spacial score (nSPS) is 10.1. The van der Waals surface area contributed by atoms with E-state index in [0.29, 0.717) is 0 Å². The fourth-order valence-corrected chi connectivity index (χ4v) is 2.11. The van der Waals surface area contributed by atoms with E-state index in [1.165, 1.54) is 11.3 Å². The Balaban J connectivity index is 2.00. The average Bonchev–Trinajstić information content (AvgIpc) is 2.95. The van der Waals surface area contributed by atoms with Crippen LogP contribution < -0.4 is 11.1 Å². The molecule has 2 rings (SSSR count). The van der Waals surface area contributed by atoms with Gasteiger partial charge in [0, 0.05) is 15.8 Å². The number of thiophene rings is 1. The molecule has 0 aliphatic carbocycles. The van der Waals surface area contributed by atoms with E-state index < -0.39 is 11.8 Å². The van der Waals surface area contributed by atoms with Crippen LogP contribution in [0, 0.1) is 0 Å². The minimum Gasteiger partial charge on any atom is -0.464 e. The summed E-state index contributed by atoms with van der Waals surface area (Å²) in [4.78, 5) is 22.4. The third-order valence-corrected chi connectivity index (χ3v) is 3.04. The molecule has 88 valence electrons. The third-order valence-electron chi connectivity index (χ3n) is 2.11. The summed E-state index contributed by atoms with van der Waals surface area (Å²) < 4.78 is 5.24. The van der Waals surface area contributed by atoms with Gasteiger partial charge in [0.2, 0.25) is 0 Å². The van der Waals surface area contributed by atoms with Gasteiger partial charge in [0.15, 0.2) is 0 Å². The fourth-order valence-electron chi connectivity index (χ4n) is 1.30. The molecule has 5 nitrogen and oxygen atoms in total. The second-order valence-electron chi connectivity index (χ2n) is 3.33. The molecule has 2 amide bonds. The number of furan rings is 1. The first-order valence-corrected chi connectivity index (χ1v) is 5.73. The van der Waals surface area contributed by atoms with Crippen molar-refractivity contribution in [3.05, 3.63) is 34.7 Å². The molecule has 0 aliphatic heterocycles. The fraction of sp³-hybridized carbons (Fsp3) is 0.0909. The van der Waals surface area contributed by atoms with Crippen molar-refractivity contribution in [2.24, 2.45) is 5.73 Å². The predicted octanol–water partition coefficient (Wildman–Crippen LogP) is 1.11. The Labute approximate surface area is 101 Å². The van der Waals surface area contributed by atoms with Crippen LogP contribution in [-0.2, 0) is 16.1 Å². The molecule has 0 spiro atoms. The zero-order valence-electron chi connectivity index (χ0n) is 8.80. The Bertz CT molecular complexity index is 531. The lowest BCUT2D eigenvalue weighted by atomic mass is 10.2. The molecule has 0 radical (unpaired) electrons. The van der Waals surface area contributed by atoms with Crippen LogP contribution >= 0.6 is 11.3 Å². The molecule has 0 atom stereocenters. The molecule has 0 unspecified atom stereocenters. The van der Waals surface area contributed by atoms with Crippen molar-refractivity contribution in [1.82, 2.24) is 5.32 Å². The summed E-state index contributed by atoms with van der Waals surface area (Å²) in [6.45, 7) is 0.285. The number of nitrogens with one attached hydrogen (secondary N) is 1. The lowest BCUT2D eigenvalue weighted by Gasteiger charge is -1.98. The van der Waals surface area contributed by atoms with E-state index in [1.807, 2.05) is 23.6 Å². The first-order chi connectivity index (χ1) is 8.16. The molecule has 2 aromatic rings. The Kier molecular flexibility index (Phi) is 3.24. The molecule has 2 heterocycles. The molecular formula is C11H10N2O3S. The molecule has 0 bridgehead atoms. The Hall–Kier alpha value is -2.08. The Morgan fingerprint density at radius 3 is 2.94 bits per heavy atom. The zero-order valence-corrected chi connectivity index (χ0v) is 9.62. The minimum absolute atomic E-state index is 0.285. The molecular weight excluding hydrogens is 240 g/mol. The Morgan fingerprint density at radius 2 is 2.29 bits per heavy atom. The van der Waals surface area contributed by atoms with Gasteiger partial charge in [0.25, 0.3) is 0 Å². The summed E-state index contributed by atoms with van der Waals surface area (Å²) in [5.41, 5.74) is 5.77. The maximum atomic E-state index is 11.0. The van der Waals surface area contributed by atoms with Crippen molar-refractivity contribution in [2.75, 3.05) is 0 Å². The van der Waals surface area contributed by atoms with E-state index in [4.69, 9.17) is 10.2 Å². The second-order valence-corrected chi connectivity index (χ2v) is 4.32. The molecule has 3 N–H and O–H groups in total. The highest BCUT2D eigenvalue weighted by Crippen LogP contribution is 2.25. The van der Waals surface area contributed by atoms with E-state index in [1.54, 1.807) is 6.26 Å². The van der Waals surface area contributed by atoms with Crippen LogP contribution in [-0.4, -0.2) is 11.8 Å². The van der Waals surface area contributed by atoms with E-state index in [9.17, 15) is 9.59 Å². The molecule has 2 aromatic heterocycles. The number of carbonyl (C=O) groups excluding carboxylic acids is 2. The van der Waals surface area contributed by atoms with Gasteiger partial charge in [-0.25, -0.2) is 0 Å². The Morgan fingerprint density at radius 1 is 1.47 bits per heavy atom. The van der Waals surface area contributed by atoms with Crippen molar-refractivity contribution in [2.45, 2.75) is 6.54 Å². The molecule has 0 saturated carbocycles. The zero-order chi connectivity index (χ0) is 12.3. The number of primary amides is 1. The van der Waals surface area contributed by atoms with Crippen LogP contribution in [0.5, 0.6) is 0 Å². The largest absolute Gasteiger partial charge is 0.464 e. The van der Waals surface area contributed by atoms with Gasteiger partial charge in [-0.05, 0) is 18.2 Å². The standard InChI is InChI=1S/C11H10N2O3S/c12-10(14)11(15)13-5-8-4-7(6-17-8)9-2-1-3-16-9/h1-4,6H,5H2,(H2,12,14)(H,13,15). The number of nitrogens with two attached hydrogens (primary N) is 1. The van der Waals surface area contributed by atoms with Gasteiger partial charge in [0.05, 0.1) is 12.8 Å². The second kappa shape index (κ2) is 4.84. The van der Waals surface area contributed by atoms with Gasteiger partial charge >= 0.3 is 11.8 Å². The van der Waals surface area contributed by atoms with Gasteiger partial charge in [0.1, 0.15) is 5.76 Å². The molecule has 0 saturated heterocycles. The van der Waals surface area contributed by atoms with Gasteiger partial charge in [-0.2, -0.15) is 0 Å². The van der Waals surface area contributed by atoms with Crippen LogP contribution in [0.15, 0.2) is 34.3 Å². The maximum absolute atomic E-state index is 11.0. The quantitative estimate of drug-likeness (QED) is 0.800. The summed E-state index contributed by atoms with van der Waals surface area (Å²) in [6.07, 6.45) is 1.60. The van der Waals surface area contributed by atoms with Crippen molar-refractivity contribution >= 4 is 23.2 Å². The topological polar surface area (TPSA) is 85.3 Å². The lowest BCUT2D eigenvalue weighted by molar-refractivity contribution is -0.137. The van der Waals surface area contributed by atoms with Crippen molar-refractivity contribution in [3.63, 3.8) is 0 Å². The molecule has 0 fully saturated rings. The van der Waals surface area contributed by atoms with E-state index >= 15 is 0 Å². The third kappa shape index (κ3) is 2.73. The van der Waals surface area contributed by atoms with Gasteiger partial charge in [-0.1, -0.05) is 0 Å². The molecule has 6 heteroatoms. The van der Waals surface area contributed by atoms with Crippen molar-refractivity contribution < 1.29 is 14.0 Å². The summed E-state index contributed by atoms with van der Waals surface area (Å²) in [5, 5.41) is 4.34. The predicted molar refractivity (Wildman–Crippen MR) is 63.1 cm³/mol. The monoisotopic (exact) mass is 250 g/mol. The van der Waals surface area contributed by atoms with E-state index in [2.05, 4.69) is 5.32 Å². The first kappa shape index (κ1) is 11.4. The highest BCUT2D eigenvalue weighted by Gasteiger charge is 2.09. The van der Waals surface area contributed by atoms with Crippen LogP contribution in [0.1, 0.15) is 4.88 Å². The van der Waals surface area contributed by atoms with Crippen molar-refractivity contribution in [3.8, 4) is 11.3 Å². The first-order valence-electron chi connectivity index (χ1n) is 4.86. The summed E-state index contributed by atoms with van der Waals surface area (Å²) >= 11 is 1.47. The van der Waals surface area contributed by atoms with Gasteiger partial charge in [-0.15, -0.1) is 11.3 Å². The van der Waals surface area contributed by atoms with Gasteiger partial charge in [-0.3, -0.25) is 9.59 Å². The van der Waals surface area contributed by atoms with Crippen LogP contribution in [0.25, 0.3) is 11.3 Å². The minimum atomic E-state index is -0.979. The summed E-state index contributed by atoms with van der Waals surface area (Å²) in [7, 11) is 0. The summed E-state index contributed by atoms with van der Waals surface area (Å²) in [6, 6.07) is 5.56. The molecule has 17 heavy (non-hydrogen) atoms. The highest BCUT2D eigenvalue weighted by molar-refractivity contribution is 7.10. The average molecular weight is 250 g/mol. The molecule has 0 aromatic carbocycles. The maximum Gasteiger partial charge on any atom is 0.309 e. The van der Waals surface area contributed by atoms with Gasteiger partial charge < -0.3 is 15.5 Å². The highest BCUT2D eigenvalue weighted by atomic mass is 32.1. The van der Waals surface area contributed by atoms with Crippen molar-refractivity contribution in [1.29, 1.82) is 0 Å². The summed E-state index contributed by atoms with van der Waals surface area (Å²) in [5.74, 6) is -0.987. The van der Waals surface area contributed by atoms with E-state index in [-0.39, 0.29) is 6.54 Å². The van der Waals surface area contributed by atoms with Crippen LogP contribution in [0.3, 0.4) is 0 Å².